The van der Waals surface area contributed by atoms with Crippen molar-refractivity contribution in [2.24, 2.45) is 0 Å². The topological polar surface area (TPSA) is 46.2 Å². The van der Waals surface area contributed by atoms with Gasteiger partial charge in [-0.3, -0.25) is 9.59 Å². The number of aryl methyl sites for hydroxylation is 1. The first-order chi connectivity index (χ1) is 10.1. The van der Waals surface area contributed by atoms with Gasteiger partial charge in [-0.2, -0.15) is 0 Å². The molecular formula is C18H19NO2. The van der Waals surface area contributed by atoms with Crippen molar-refractivity contribution in [3.8, 4) is 0 Å². The van der Waals surface area contributed by atoms with E-state index in [0.29, 0.717) is 12.0 Å². The predicted molar refractivity (Wildman–Crippen MR) is 83.3 cm³/mol. The van der Waals surface area contributed by atoms with Crippen LogP contribution in [0.3, 0.4) is 0 Å². The Morgan fingerprint density at radius 1 is 1.00 bits per heavy atom. The Balaban J connectivity index is 2.07. The molecule has 108 valence electrons. The molecule has 0 unspecified atom stereocenters. The Labute approximate surface area is 125 Å². The largest absolute Gasteiger partial charge is 0.342 e. The van der Waals surface area contributed by atoms with Gasteiger partial charge in [0.2, 0.25) is 0 Å². The van der Waals surface area contributed by atoms with Crippen LogP contribution >= 0.6 is 0 Å². The second-order valence-corrected chi connectivity index (χ2v) is 5.19. The Morgan fingerprint density at radius 3 is 2.19 bits per heavy atom. The maximum absolute atomic E-state index is 12.2. The van der Waals surface area contributed by atoms with Crippen LogP contribution in [-0.4, -0.2) is 17.7 Å². The minimum atomic E-state index is -0.499. The molecule has 0 spiro atoms. The van der Waals surface area contributed by atoms with Gasteiger partial charge in [-0.05, 0) is 38.0 Å². The normalized spacial score (nSPS) is 11.7. The Hall–Kier alpha value is -2.42. The number of Topliss-reactive ketones (excluding diaryl/α,β-unsaturated/α-hetero) is 1. The first kappa shape index (κ1) is 15.0. The average Bonchev–Trinajstić information content (AvgIpc) is 2.48. The number of hydrogen-bond donors (Lipinski definition) is 1. The summed E-state index contributed by atoms with van der Waals surface area (Å²) >= 11 is 0. The van der Waals surface area contributed by atoms with E-state index in [1.807, 2.05) is 49.4 Å². The molecule has 0 saturated carbocycles. The summed E-state index contributed by atoms with van der Waals surface area (Å²) in [5.74, 6) is -0.259. The van der Waals surface area contributed by atoms with Gasteiger partial charge >= 0.3 is 0 Å². The molecule has 2 aromatic carbocycles. The van der Waals surface area contributed by atoms with E-state index in [1.165, 1.54) is 6.92 Å². The second kappa shape index (κ2) is 6.84. The van der Waals surface area contributed by atoms with Crippen molar-refractivity contribution >= 4 is 11.7 Å². The van der Waals surface area contributed by atoms with Gasteiger partial charge in [0.05, 0.1) is 6.04 Å². The summed E-state index contributed by atoms with van der Waals surface area (Å²) in [4.78, 5) is 24.0. The molecule has 2 rings (SSSR count). The standard InChI is InChI=1S/C18H19NO2/c1-13-8-10-16(11-9-13)18(21)19-17(14(2)20)12-15-6-4-3-5-7-15/h3-11,17H,12H2,1-2H3,(H,19,21)/t17-/m0/s1. The molecular weight excluding hydrogens is 262 g/mol. The number of nitrogens with one attached hydrogen (secondary N) is 1. The second-order valence-electron chi connectivity index (χ2n) is 5.19. The molecule has 0 saturated heterocycles. The minimum absolute atomic E-state index is 0.0423. The van der Waals surface area contributed by atoms with Crippen molar-refractivity contribution in [1.82, 2.24) is 5.32 Å². The fraction of sp³-hybridized carbons (Fsp3) is 0.222. The summed E-state index contributed by atoms with van der Waals surface area (Å²) in [6, 6.07) is 16.5. The zero-order chi connectivity index (χ0) is 15.2. The highest BCUT2D eigenvalue weighted by atomic mass is 16.2. The van der Waals surface area contributed by atoms with Crippen molar-refractivity contribution in [2.45, 2.75) is 26.3 Å². The number of carbonyl (C=O) groups excluding carboxylic acids is 2. The molecule has 0 aliphatic carbocycles. The lowest BCUT2D eigenvalue weighted by molar-refractivity contribution is -0.118. The third-order valence-corrected chi connectivity index (χ3v) is 3.39. The SMILES string of the molecule is CC(=O)[C@H](Cc1ccccc1)NC(=O)c1ccc(C)cc1. The fourth-order valence-electron chi connectivity index (χ4n) is 2.09. The Morgan fingerprint density at radius 2 is 1.62 bits per heavy atom. The molecule has 0 fully saturated rings. The number of hydrogen-bond acceptors (Lipinski definition) is 2. The highest BCUT2D eigenvalue weighted by molar-refractivity contribution is 5.97. The third-order valence-electron chi connectivity index (χ3n) is 3.39. The molecule has 0 radical (unpaired) electrons. The van der Waals surface area contributed by atoms with Crippen LogP contribution in [0, 0.1) is 6.92 Å². The summed E-state index contributed by atoms with van der Waals surface area (Å²) < 4.78 is 0. The van der Waals surface area contributed by atoms with Crippen molar-refractivity contribution in [1.29, 1.82) is 0 Å². The summed E-state index contributed by atoms with van der Waals surface area (Å²) in [6.07, 6.45) is 0.508. The molecule has 3 nitrogen and oxygen atoms in total. The summed E-state index contributed by atoms with van der Waals surface area (Å²) in [5, 5.41) is 2.81. The van der Waals surface area contributed by atoms with E-state index >= 15 is 0 Å². The summed E-state index contributed by atoms with van der Waals surface area (Å²) in [7, 11) is 0. The lowest BCUT2D eigenvalue weighted by atomic mass is 10.0. The molecule has 1 atom stereocenters. The van der Waals surface area contributed by atoms with Gasteiger partial charge in [-0.1, -0.05) is 48.0 Å². The van der Waals surface area contributed by atoms with Crippen LogP contribution in [0.2, 0.25) is 0 Å². The molecule has 3 heteroatoms. The van der Waals surface area contributed by atoms with Gasteiger partial charge in [0.15, 0.2) is 5.78 Å². The van der Waals surface area contributed by atoms with Gasteiger partial charge in [0.25, 0.3) is 5.91 Å². The van der Waals surface area contributed by atoms with E-state index in [-0.39, 0.29) is 11.7 Å². The van der Waals surface area contributed by atoms with Crippen molar-refractivity contribution in [3.63, 3.8) is 0 Å². The van der Waals surface area contributed by atoms with E-state index in [2.05, 4.69) is 5.32 Å². The van der Waals surface area contributed by atoms with Crippen molar-refractivity contribution in [3.05, 3.63) is 71.3 Å². The molecule has 0 bridgehead atoms. The summed E-state index contributed by atoms with van der Waals surface area (Å²) in [6.45, 7) is 3.47. The third kappa shape index (κ3) is 4.28. The monoisotopic (exact) mass is 281 g/mol. The highest BCUT2D eigenvalue weighted by Gasteiger charge is 2.18. The zero-order valence-electron chi connectivity index (χ0n) is 12.3. The molecule has 21 heavy (non-hydrogen) atoms. The maximum Gasteiger partial charge on any atom is 0.251 e. The van der Waals surface area contributed by atoms with Crippen molar-refractivity contribution in [2.75, 3.05) is 0 Å². The van der Waals surface area contributed by atoms with E-state index in [9.17, 15) is 9.59 Å². The maximum atomic E-state index is 12.2. The Bertz CT molecular complexity index is 617. The fourth-order valence-corrected chi connectivity index (χ4v) is 2.09. The van der Waals surface area contributed by atoms with Gasteiger partial charge in [-0.15, -0.1) is 0 Å². The number of carbonyl (C=O) groups is 2. The molecule has 1 N–H and O–H groups in total. The quantitative estimate of drug-likeness (QED) is 0.916. The number of benzene rings is 2. The van der Waals surface area contributed by atoms with Crippen LogP contribution in [0.5, 0.6) is 0 Å². The Kier molecular flexibility index (Phi) is 4.88. The van der Waals surface area contributed by atoms with E-state index in [4.69, 9.17) is 0 Å². The van der Waals surface area contributed by atoms with Crippen LogP contribution in [0.25, 0.3) is 0 Å². The van der Waals surface area contributed by atoms with E-state index < -0.39 is 6.04 Å². The van der Waals surface area contributed by atoms with Crippen LogP contribution in [0.1, 0.15) is 28.4 Å². The predicted octanol–water partition coefficient (Wildman–Crippen LogP) is 2.93. The van der Waals surface area contributed by atoms with Gasteiger partial charge in [0.1, 0.15) is 0 Å². The molecule has 2 aromatic rings. The molecule has 0 heterocycles. The number of ketones is 1. The molecule has 0 aromatic heterocycles. The highest BCUT2D eigenvalue weighted by Crippen LogP contribution is 2.07. The van der Waals surface area contributed by atoms with Crippen molar-refractivity contribution < 1.29 is 9.59 Å². The first-order valence-electron chi connectivity index (χ1n) is 6.98. The smallest absolute Gasteiger partial charge is 0.251 e. The molecule has 0 aliphatic heterocycles. The van der Waals surface area contributed by atoms with Gasteiger partial charge < -0.3 is 5.32 Å². The zero-order valence-corrected chi connectivity index (χ0v) is 12.3. The van der Waals surface area contributed by atoms with Gasteiger partial charge in [-0.25, -0.2) is 0 Å². The van der Waals surface area contributed by atoms with Crippen LogP contribution in [-0.2, 0) is 11.2 Å². The van der Waals surface area contributed by atoms with Crippen LogP contribution < -0.4 is 5.32 Å². The summed E-state index contributed by atoms with van der Waals surface area (Å²) in [5.41, 5.74) is 2.70. The minimum Gasteiger partial charge on any atom is -0.342 e. The number of amides is 1. The lowest BCUT2D eigenvalue weighted by Gasteiger charge is -2.16. The lowest BCUT2D eigenvalue weighted by Crippen LogP contribution is -2.41. The average molecular weight is 281 g/mol. The molecule has 0 aliphatic rings. The first-order valence-corrected chi connectivity index (χ1v) is 6.98. The van der Waals surface area contributed by atoms with Crippen LogP contribution in [0.15, 0.2) is 54.6 Å². The number of rotatable bonds is 5. The van der Waals surface area contributed by atoms with E-state index in [0.717, 1.165) is 11.1 Å². The van der Waals surface area contributed by atoms with Gasteiger partial charge in [0, 0.05) is 5.56 Å². The van der Waals surface area contributed by atoms with Crippen LogP contribution in [0.4, 0.5) is 0 Å². The molecule has 1 amide bonds. The van der Waals surface area contributed by atoms with E-state index in [1.54, 1.807) is 12.1 Å².